The van der Waals surface area contributed by atoms with Gasteiger partial charge in [0.2, 0.25) is 0 Å². The third-order valence-electron chi connectivity index (χ3n) is 2.67. The molecular formula is C8H13F2N. The molecule has 2 aliphatic rings. The highest BCUT2D eigenvalue weighted by molar-refractivity contribution is 4.99. The van der Waals surface area contributed by atoms with Crippen molar-refractivity contribution in [3.05, 3.63) is 0 Å². The van der Waals surface area contributed by atoms with E-state index in [0.717, 1.165) is 0 Å². The molecule has 2 fully saturated rings. The SMILES string of the molecule is CC1(F)CC2CC(F)CN2C1. The summed E-state index contributed by atoms with van der Waals surface area (Å²) in [5, 5.41) is 0. The van der Waals surface area contributed by atoms with Gasteiger partial charge in [-0.25, -0.2) is 8.78 Å². The molecule has 0 aromatic heterocycles. The molecule has 0 aromatic rings. The minimum Gasteiger partial charge on any atom is -0.294 e. The summed E-state index contributed by atoms with van der Waals surface area (Å²) < 4.78 is 26.0. The van der Waals surface area contributed by atoms with Crippen molar-refractivity contribution in [2.45, 2.75) is 37.6 Å². The number of hydrogen-bond acceptors (Lipinski definition) is 1. The minimum atomic E-state index is -1.06. The maximum atomic E-state index is 13.3. The summed E-state index contributed by atoms with van der Waals surface area (Å²) >= 11 is 0. The number of alkyl halides is 2. The standard InChI is InChI=1S/C8H13F2N/c1-8(10)3-7-2-6(9)4-11(7)5-8/h6-7H,2-5H2,1H3. The highest BCUT2D eigenvalue weighted by Gasteiger charge is 2.45. The molecular weight excluding hydrogens is 148 g/mol. The van der Waals surface area contributed by atoms with Crippen LogP contribution in [-0.4, -0.2) is 35.9 Å². The zero-order valence-corrected chi connectivity index (χ0v) is 6.69. The minimum absolute atomic E-state index is 0.181. The highest BCUT2D eigenvalue weighted by atomic mass is 19.1. The van der Waals surface area contributed by atoms with Crippen LogP contribution in [0.4, 0.5) is 8.78 Å². The van der Waals surface area contributed by atoms with Gasteiger partial charge >= 0.3 is 0 Å². The first-order valence-electron chi connectivity index (χ1n) is 4.14. The topological polar surface area (TPSA) is 3.24 Å². The summed E-state index contributed by atoms with van der Waals surface area (Å²) in [7, 11) is 0. The average Bonchev–Trinajstić information content (AvgIpc) is 2.17. The van der Waals surface area contributed by atoms with E-state index < -0.39 is 11.8 Å². The molecule has 3 heteroatoms. The third kappa shape index (κ3) is 1.26. The quantitative estimate of drug-likeness (QED) is 0.520. The van der Waals surface area contributed by atoms with Crippen molar-refractivity contribution in [3.63, 3.8) is 0 Å². The lowest BCUT2D eigenvalue weighted by Crippen LogP contribution is -2.27. The Kier molecular flexibility index (Phi) is 1.46. The zero-order valence-electron chi connectivity index (χ0n) is 6.69. The largest absolute Gasteiger partial charge is 0.294 e. The van der Waals surface area contributed by atoms with Gasteiger partial charge in [-0.1, -0.05) is 0 Å². The van der Waals surface area contributed by atoms with E-state index in [1.54, 1.807) is 6.92 Å². The van der Waals surface area contributed by atoms with Gasteiger partial charge < -0.3 is 0 Å². The molecule has 3 unspecified atom stereocenters. The summed E-state index contributed by atoms with van der Waals surface area (Å²) in [4.78, 5) is 1.94. The summed E-state index contributed by atoms with van der Waals surface area (Å²) in [6.07, 6.45) is 0.350. The number of hydrogen-bond donors (Lipinski definition) is 0. The second kappa shape index (κ2) is 2.16. The molecule has 0 aromatic carbocycles. The van der Waals surface area contributed by atoms with Crippen LogP contribution in [-0.2, 0) is 0 Å². The van der Waals surface area contributed by atoms with Crippen LogP contribution in [0.1, 0.15) is 19.8 Å². The van der Waals surface area contributed by atoms with Crippen molar-refractivity contribution in [2.24, 2.45) is 0 Å². The lowest BCUT2D eigenvalue weighted by molar-refractivity contribution is 0.179. The first kappa shape index (κ1) is 7.47. The van der Waals surface area contributed by atoms with Crippen molar-refractivity contribution in [1.82, 2.24) is 4.90 Å². The molecule has 0 bridgehead atoms. The van der Waals surface area contributed by atoms with Crippen LogP contribution in [0.3, 0.4) is 0 Å². The zero-order chi connectivity index (χ0) is 8.06. The fourth-order valence-corrected chi connectivity index (χ4v) is 2.31. The van der Waals surface area contributed by atoms with Gasteiger partial charge in [0.15, 0.2) is 0 Å². The van der Waals surface area contributed by atoms with E-state index >= 15 is 0 Å². The van der Waals surface area contributed by atoms with Crippen LogP contribution in [0, 0.1) is 0 Å². The predicted octanol–water partition coefficient (Wildman–Crippen LogP) is 1.53. The predicted molar refractivity (Wildman–Crippen MR) is 39.0 cm³/mol. The first-order valence-corrected chi connectivity index (χ1v) is 4.14. The van der Waals surface area contributed by atoms with Gasteiger partial charge in [0, 0.05) is 19.1 Å². The molecule has 2 rings (SSSR count). The fraction of sp³-hybridized carbons (Fsp3) is 1.00. The molecule has 0 aliphatic carbocycles. The van der Waals surface area contributed by atoms with Gasteiger partial charge in [-0.05, 0) is 19.8 Å². The molecule has 2 heterocycles. The van der Waals surface area contributed by atoms with Crippen molar-refractivity contribution in [2.75, 3.05) is 13.1 Å². The smallest absolute Gasteiger partial charge is 0.122 e. The van der Waals surface area contributed by atoms with Gasteiger partial charge in [-0.3, -0.25) is 4.90 Å². The Bertz CT molecular complexity index is 153. The molecule has 64 valence electrons. The maximum absolute atomic E-state index is 13.3. The number of nitrogens with zero attached hydrogens (tertiary/aromatic N) is 1. The Morgan fingerprint density at radius 1 is 1.55 bits per heavy atom. The molecule has 11 heavy (non-hydrogen) atoms. The highest BCUT2D eigenvalue weighted by Crippen LogP contribution is 2.36. The van der Waals surface area contributed by atoms with E-state index in [9.17, 15) is 8.78 Å². The van der Waals surface area contributed by atoms with Gasteiger partial charge in [0.25, 0.3) is 0 Å². The lowest BCUT2D eigenvalue weighted by Gasteiger charge is -2.14. The average molecular weight is 161 g/mol. The van der Waals surface area contributed by atoms with E-state index in [0.29, 0.717) is 25.9 Å². The molecule has 0 N–H and O–H groups in total. The molecule has 0 amide bonds. The van der Waals surface area contributed by atoms with E-state index in [4.69, 9.17) is 0 Å². The van der Waals surface area contributed by atoms with Gasteiger partial charge in [0.05, 0.1) is 0 Å². The monoisotopic (exact) mass is 161 g/mol. The van der Waals surface area contributed by atoms with Gasteiger partial charge in [-0.15, -0.1) is 0 Å². The van der Waals surface area contributed by atoms with Crippen molar-refractivity contribution in [1.29, 1.82) is 0 Å². The van der Waals surface area contributed by atoms with Crippen LogP contribution in [0.5, 0.6) is 0 Å². The molecule has 1 nitrogen and oxygen atoms in total. The second-order valence-corrected chi connectivity index (χ2v) is 4.03. The van der Waals surface area contributed by atoms with Crippen molar-refractivity contribution >= 4 is 0 Å². The van der Waals surface area contributed by atoms with Crippen molar-refractivity contribution < 1.29 is 8.78 Å². The molecule has 0 saturated carbocycles. The van der Waals surface area contributed by atoms with E-state index in [-0.39, 0.29) is 6.04 Å². The molecule has 3 atom stereocenters. The fourth-order valence-electron chi connectivity index (χ4n) is 2.31. The van der Waals surface area contributed by atoms with E-state index in [2.05, 4.69) is 0 Å². The van der Waals surface area contributed by atoms with E-state index in [1.165, 1.54) is 0 Å². The van der Waals surface area contributed by atoms with Crippen LogP contribution < -0.4 is 0 Å². The van der Waals surface area contributed by atoms with Gasteiger partial charge in [-0.2, -0.15) is 0 Å². The van der Waals surface area contributed by atoms with Crippen LogP contribution in [0.2, 0.25) is 0 Å². The maximum Gasteiger partial charge on any atom is 0.122 e. The van der Waals surface area contributed by atoms with Crippen LogP contribution in [0.25, 0.3) is 0 Å². The van der Waals surface area contributed by atoms with Crippen molar-refractivity contribution in [3.8, 4) is 0 Å². The van der Waals surface area contributed by atoms with Crippen LogP contribution >= 0.6 is 0 Å². The number of rotatable bonds is 0. The Labute approximate surface area is 65.4 Å². The summed E-state index contributed by atoms with van der Waals surface area (Å²) in [6.45, 7) is 2.49. The lowest BCUT2D eigenvalue weighted by atomic mass is 10.0. The molecule has 0 radical (unpaired) electrons. The first-order chi connectivity index (χ1) is 5.07. The second-order valence-electron chi connectivity index (χ2n) is 4.03. The third-order valence-corrected chi connectivity index (χ3v) is 2.67. The van der Waals surface area contributed by atoms with E-state index in [1.807, 2.05) is 4.90 Å². The Morgan fingerprint density at radius 3 is 2.91 bits per heavy atom. The number of halogens is 2. The summed E-state index contributed by atoms with van der Waals surface area (Å²) in [5.74, 6) is 0. The summed E-state index contributed by atoms with van der Waals surface area (Å²) in [5.41, 5.74) is -1.06. The Balaban J connectivity index is 2.04. The summed E-state index contributed by atoms with van der Waals surface area (Å²) in [6, 6.07) is 0.181. The van der Waals surface area contributed by atoms with Gasteiger partial charge in [0.1, 0.15) is 11.8 Å². The number of fused-ring (bicyclic) bond motifs is 1. The van der Waals surface area contributed by atoms with Crippen LogP contribution in [0.15, 0.2) is 0 Å². The molecule has 2 saturated heterocycles. The molecule has 0 spiro atoms. The Hall–Kier alpha value is -0.180. The Morgan fingerprint density at radius 2 is 2.27 bits per heavy atom. The molecule has 2 aliphatic heterocycles. The normalized spacial score (nSPS) is 51.5.